The molecule has 148 valence electrons. The smallest absolute Gasteiger partial charge is 0.110 e. The number of aromatic nitrogens is 2. The summed E-state index contributed by atoms with van der Waals surface area (Å²) in [7, 11) is 0. The zero-order valence-electron chi connectivity index (χ0n) is 15.7. The molecule has 0 saturated carbocycles. The summed E-state index contributed by atoms with van der Waals surface area (Å²) < 4.78 is 0.957. The number of nitrogens with two attached hydrogens (primary N) is 1. The van der Waals surface area contributed by atoms with Crippen molar-refractivity contribution in [2.24, 2.45) is 5.73 Å². The molecule has 3 heterocycles. The molecule has 0 bridgehead atoms. The first kappa shape index (κ1) is 19.9. The SMILES string of the molecule is CC(O)(CO)c1ccnc(-c2ccnc3cc([C@H](N)c4ccccc4Cl)sc23)c1. The normalized spacial score (nSPS) is 14.7. The summed E-state index contributed by atoms with van der Waals surface area (Å²) in [6, 6.07) is 14.6. The molecule has 29 heavy (non-hydrogen) atoms. The molecule has 0 aliphatic heterocycles. The van der Waals surface area contributed by atoms with Crippen LogP contribution in [0.25, 0.3) is 21.5 Å². The van der Waals surface area contributed by atoms with Crippen LogP contribution in [0.4, 0.5) is 0 Å². The van der Waals surface area contributed by atoms with Crippen LogP contribution < -0.4 is 5.73 Å². The molecule has 7 heteroatoms. The summed E-state index contributed by atoms with van der Waals surface area (Å²) in [5, 5.41) is 20.5. The molecule has 4 N–H and O–H groups in total. The van der Waals surface area contributed by atoms with E-state index in [0.717, 1.165) is 26.2 Å². The number of hydrogen-bond acceptors (Lipinski definition) is 6. The van der Waals surface area contributed by atoms with Gasteiger partial charge in [-0.15, -0.1) is 11.3 Å². The highest BCUT2D eigenvalue weighted by Gasteiger charge is 2.23. The molecule has 1 aromatic carbocycles. The number of nitrogens with zero attached hydrogens (tertiary/aromatic N) is 2. The van der Waals surface area contributed by atoms with Gasteiger partial charge in [-0.25, -0.2) is 0 Å². The van der Waals surface area contributed by atoms with Gasteiger partial charge in [-0.1, -0.05) is 29.8 Å². The Morgan fingerprint density at radius 3 is 2.66 bits per heavy atom. The number of halogens is 1. The van der Waals surface area contributed by atoms with Crippen molar-refractivity contribution < 1.29 is 10.2 Å². The predicted molar refractivity (Wildman–Crippen MR) is 117 cm³/mol. The Labute approximate surface area is 177 Å². The summed E-state index contributed by atoms with van der Waals surface area (Å²) in [5.41, 5.74) is 9.03. The van der Waals surface area contributed by atoms with E-state index in [9.17, 15) is 10.2 Å². The lowest BCUT2D eigenvalue weighted by Gasteiger charge is -2.21. The number of fused-ring (bicyclic) bond motifs is 1. The topological polar surface area (TPSA) is 92.3 Å². The quantitative estimate of drug-likeness (QED) is 0.444. The van der Waals surface area contributed by atoms with Crippen molar-refractivity contribution in [3.05, 3.63) is 82.0 Å². The minimum absolute atomic E-state index is 0.356. The molecule has 0 radical (unpaired) electrons. The maximum Gasteiger partial charge on any atom is 0.110 e. The average Bonchev–Trinajstić information content (AvgIpc) is 3.18. The summed E-state index contributed by atoms with van der Waals surface area (Å²) in [6.45, 7) is 1.19. The van der Waals surface area contributed by atoms with Crippen molar-refractivity contribution in [1.82, 2.24) is 9.97 Å². The number of thiophene rings is 1. The molecule has 5 nitrogen and oxygen atoms in total. The lowest BCUT2D eigenvalue weighted by Crippen LogP contribution is -2.25. The lowest BCUT2D eigenvalue weighted by molar-refractivity contribution is -0.00230. The fourth-order valence-corrected chi connectivity index (χ4v) is 4.61. The second-order valence-electron chi connectivity index (χ2n) is 7.08. The van der Waals surface area contributed by atoms with Gasteiger partial charge in [0.15, 0.2) is 0 Å². The van der Waals surface area contributed by atoms with Crippen LogP contribution in [0.1, 0.15) is 29.0 Å². The molecule has 2 atom stereocenters. The zero-order chi connectivity index (χ0) is 20.6. The fourth-order valence-electron chi connectivity index (χ4n) is 3.20. The molecule has 4 aromatic rings. The fraction of sp³-hybridized carbons (Fsp3) is 0.182. The van der Waals surface area contributed by atoms with Crippen molar-refractivity contribution in [2.75, 3.05) is 6.61 Å². The van der Waals surface area contributed by atoms with Gasteiger partial charge >= 0.3 is 0 Å². The van der Waals surface area contributed by atoms with E-state index in [1.807, 2.05) is 36.4 Å². The predicted octanol–water partition coefficient (Wildman–Crippen LogP) is 4.26. The standard InChI is InChI=1S/C22H20ClN3O2S/c1-22(28,12-27)13-6-8-25-17(10-13)15-7-9-26-18-11-19(29-21(15)18)20(24)14-4-2-3-5-16(14)23/h2-11,20,27-28H,12,24H2,1H3/t20-,22?/m1/s1. The Bertz CT molecular complexity index is 1180. The van der Waals surface area contributed by atoms with Crippen LogP contribution in [0.3, 0.4) is 0 Å². The molecule has 0 spiro atoms. The van der Waals surface area contributed by atoms with Gasteiger partial charge in [-0.2, -0.15) is 0 Å². The molecular weight excluding hydrogens is 406 g/mol. The molecule has 0 saturated heterocycles. The van der Waals surface area contributed by atoms with Crippen LogP contribution in [0, 0.1) is 0 Å². The molecule has 3 aromatic heterocycles. The maximum absolute atomic E-state index is 10.4. The Balaban J connectivity index is 1.80. The molecular formula is C22H20ClN3O2S. The van der Waals surface area contributed by atoms with Crippen molar-refractivity contribution in [3.63, 3.8) is 0 Å². The van der Waals surface area contributed by atoms with E-state index in [0.29, 0.717) is 16.3 Å². The van der Waals surface area contributed by atoms with E-state index in [-0.39, 0.29) is 12.6 Å². The Kier molecular flexibility index (Phi) is 5.38. The Morgan fingerprint density at radius 1 is 1.14 bits per heavy atom. The minimum Gasteiger partial charge on any atom is -0.393 e. The number of pyridine rings is 2. The molecule has 4 rings (SSSR count). The van der Waals surface area contributed by atoms with Gasteiger partial charge in [0.2, 0.25) is 0 Å². The lowest BCUT2D eigenvalue weighted by atomic mass is 9.96. The highest BCUT2D eigenvalue weighted by Crippen LogP contribution is 2.38. The highest BCUT2D eigenvalue weighted by atomic mass is 35.5. The van der Waals surface area contributed by atoms with Gasteiger partial charge in [0, 0.05) is 27.9 Å². The third-order valence-electron chi connectivity index (χ3n) is 4.94. The van der Waals surface area contributed by atoms with Crippen LogP contribution in [0.2, 0.25) is 5.02 Å². The van der Waals surface area contributed by atoms with E-state index >= 15 is 0 Å². The number of hydrogen-bond donors (Lipinski definition) is 3. The summed E-state index contributed by atoms with van der Waals surface area (Å²) in [5.74, 6) is 0. The van der Waals surface area contributed by atoms with Crippen LogP contribution in [0.5, 0.6) is 0 Å². The summed E-state index contributed by atoms with van der Waals surface area (Å²) >= 11 is 7.88. The largest absolute Gasteiger partial charge is 0.393 e. The summed E-state index contributed by atoms with van der Waals surface area (Å²) in [4.78, 5) is 9.90. The Morgan fingerprint density at radius 2 is 1.90 bits per heavy atom. The first-order valence-corrected chi connectivity index (χ1v) is 10.3. The number of benzene rings is 1. The third kappa shape index (κ3) is 3.77. The molecule has 1 unspecified atom stereocenters. The highest BCUT2D eigenvalue weighted by molar-refractivity contribution is 7.19. The van der Waals surface area contributed by atoms with E-state index in [1.54, 1.807) is 42.8 Å². The van der Waals surface area contributed by atoms with Gasteiger partial charge in [0.25, 0.3) is 0 Å². The van der Waals surface area contributed by atoms with E-state index < -0.39 is 5.60 Å². The molecule has 0 aliphatic carbocycles. The van der Waals surface area contributed by atoms with Gasteiger partial charge in [-0.05, 0) is 48.4 Å². The first-order valence-electron chi connectivity index (χ1n) is 9.09. The Hall–Kier alpha value is -2.35. The van der Waals surface area contributed by atoms with Crippen LogP contribution in [0.15, 0.2) is 60.9 Å². The van der Waals surface area contributed by atoms with Crippen molar-refractivity contribution >= 4 is 33.2 Å². The third-order valence-corrected chi connectivity index (χ3v) is 6.53. The van der Waals surface area contributed by atoms with E-state index in [4.69, 9.17) is 17.3 Å². The van der Waals surface area contributed by atoms with E-state index in [2.05, 4.69) is 9.97 Å². The first-order chi connectivity index (χ1) is 13.9. The zero-order valence-corrected chi connectivity index (χ0v) is 17.3. The van der Waals surface area contributed by atoms with Gasteiger partial charge in [-0.3, -0.25) is 9.97 Å². The molecule has 0 fully saturated rings. The molecule has 0 amide bonds. The van der Waals surface area contributed by atoms with Gasteiger partial charge < -0.3 is 15.9 Å². The average molecular weight is 426 g/mol. The van der Waals surface area contributed by atoms with Gasteiger partial charge in [0.1, 0.15) is 5.60 Å². The van der Waals surface area contributed by atoms with Crippen LogP contribution >= 0.6 is 22.9 Å². The van der Waals surface area contributed by atoms with Crippen LogP contribution in [-0.2, 0) is 5.60 Å². The van der Waals surface area contributed by atoms with Gasteiger partial charge in [0.05, 0.1) is 28.6 Å². The monoisotopic (exact) mass is 425 g/mol. The van der Waals surface area contributed by atoms with E-state index in [1.165, 1.54) is 0 Å². The van der Waals surface area contributed by atoms with Crippen molar-refractivity contribution in [3.8, 4) is 11.3 Å². The van der Waals surface area contributed by atoms with Crippen LogP contribution in [-0.4, -0.2) is 26.8 Å². The van der Waals surface area contributed by atoms with Crippen molar-refractivity contribution in [2.45, 2.75) is 18.6 Å². The second kappa shape index (κ2) is 7.82. The minimum atomic E-state index is -1.34. The number of aliphatic hydroxyl groups is 2. The number of rotatable bonds is 5. The summed E-state index contributed by atoms with van der Waals surface area (Å²) in [6.07, 6.45) is 3.36. The second-order valence-corrected chi connectivity index (χ2v) is 8.57. The molecule has 0 aliphatic rings. The van der Waals surface area contributed by atoms with Crippen molar-refractivity contribution in [1.29, 1.82) is 0 Å². The number of aliphatic hydroxyl groups excluding tert-OH is 1. The maximum atomic E-state index is 10.4.